The van der Waals surface area contributed by atoms with E-state index in [0.29, 0.717) is 10.6 Å². The first-order chi connectivity index (χ1) is 9.52. The van der Waals surface area contributed by atoms with Gasteiger partial charge in [-0.2, -0.15) is 0 Å². The maximum absolute atomic E-state index is 12.3. The maximum Gasteiger partial charge on any atom is 0.256 e. The van der Waals surface area contributed by atoms with Gasteiger partial charge in [0.2, 0.25) is 0 Å². The molecule has 0 fully saturated rings. The summed E-state index contributed by atoms with van der Waals surface area (Å²) in [6.45, 7) is 1.97. The fourth-order valence-corrected chi connectivity index (χ4v) is 2.39. The first kappa shape index (κ1) is 14.7. The summed E-state index contributed by atoms with van der Waals surface area (Å²) in [5, 5.41) is 12.9. The summed E-state index contributed by atoms with van der Waals surface area (Å²) in [5.74, 6) is -0.505. The molecule has 0 unspecified atom stereocenters. The van der Waals surface area contributed by atoms with Gasteiger partial charge in [0, 0.05) is 10.6 Å². The average Bonchev–Trinajstić information content (AvgIpc) is 2.44. The van der Waals surface area contributed by atoms with Gasteiger partial charge in [0.25, 0.3) is 5.91 Å². The van der Waals surface area contributed by atoms with Gasteiger partial charge in [-0.25, -0.2) is 0 Å². The van der Waals surface area contributed by atoms with Crippen molar-refractivity contribution in [3.8, 4) is 5.75 Å². The van der Waals surface area contributed by atoms with Crippen LogP contribution in [0.1, 0.15) is 22.8 Å². The van der Waals surface area contributed by atoms with Crippen LogP contribution in [0.5, 0.6) is 5.75 Å². The molecular formula is C15H13Cl2NO2. The van der Waals surface area contributed by atoms with E-state index in [-0.39, 0.29) is 22.4 Å². The van der Waals surface area contributed by atoms with Crippen molar-refractivity contribution in [2.24, 2.45) is 0 Å². The number of carbonyl (C=O) groups is 1. The second-order valence-corrected chi connectivity index (χ2v) is 5.09. The van der Waals surface area contributed by atoms with Crippen LogP contribution >= 0.6 is 23.2 Å². The third kappa shape index (κ3) is 3.06. The van der Waals surface area contributed by atoms with Crippen molar-refractivity contribution in [2.75, 3.05) is 5.32 Å². The van der Waals surface area contributed by atoms with Gasteiger partial charge in [-0.3, -0.25) is 4.79 Å². The Morgan fingerprint density at radius 3 is 2.65 bits per heavy atom. The van der Waals surface area contributed by atoms with Gasteiger partial charge in [-0.15, -0.1) is 0 Å². The third-order valence-electron chi connectivity index (χ3n) is 2.92. The Balaban J connectivity index is 2.33. The first-order valence-corrected chi connectivity index (χ1v) is 6.85. The Hall–Kier alpha value is -1.71. The minimum Gasteiger partial charge on any atom is -0.504 e. The molecule has 2 aromatic rings. The summed E-state index contributed by atoms with van der Waals surface area (Å²) < 4.78 is 0. The molecule has 104 valence electrons. The number of carbonyl (C=O) groups excluding carboxylic acids is 1. The number of hydrogen-bond acceptors (Lipinski definition) is 2. The Kier molecular flexibility index (Phi) is 4.53. The fraction of sp³-hybridized carbons (Fsp3) is 0.133. The lowest BCUT2D eigenvalue weighted by Gasteiger charge is -2.11. The predicted octanol–water partition coefficient (Wildman–Crippen LogP) is 4.51. The van der Waals surface area contributed by atoms with E-state index >= 15 is 0 Å². The smallest absolute Gasteiger partial charge is 0.256 e. The van der Waals surface area contributed by atoms with E-state index in [0.717, 1.165) is 12.0 Å². The molecule has 0 heterocycles. The number of nitrogens with one attached hydrogen (secondary N) is 1. The summed E-state index contributed by atoms with van der Waals surface area (Å²) in [7, 11) is 0. The van der Waals surface area contributed by atoms with Crippen LogP contribution in [0, 0.1) is 0 Å². The summed E-state index contributed by atoms with van der Waals surface area (Å²) >= 11 is 11.7. The number of aryl methyl sites for hydroxylation is 1. The van der Waals surface area contributed by atoms with E-state index in [4.69, 9.17) is 23.2 Å². The molecule has 0 spiro atoms. The first-order valence-electron chi connectivity index (χ1n) is 6.10. The minimum atomic E-state index is -0.309. The number of amides is 1. The largest absolute Gasteiger partial charge is 0.504 e. The van der Waals surface area contributed by atoms with Gasteiger partial charge in [0.05, 0.1) is 10.7 Å². The lowest BCUT2D eigenvalue weighted by molar-refractivity contribution is 0.102. The van der Waals surface area contributed by atoms with Gasteiger partial charge in [0.1, 0.15) is 0 Å². The van der Waals surface area contributed by atoms with E-state index in [1.54, 1.807) is 12.1 Å². The SMILES string of the molecule is CCc1ccccc1C(=O)Nc1cc(Cl)cc(Cl)c1O. The Bertz CT molecular complexity index is 656. The summed E-state index contributed by atoms with van der Waals surface area (Å²) in [4.78, 5) is 12.3. The van der Waals surface area contributed by atoms with Gasteiger partial charge in [-0.05, 0) is 30.2 Å². The fourth-order valence-electron chi connectivity index (χ4n) is 1.90. The van der Waals surface area contributed by atoms with Crippen LogP contribution in [0.2, 0.25) is 10.0 Å². The Morgan fingerprint density at radius 2 is 1.95 bits per heavy atom. The van der Waals surface area contributed by atoms with Crippen LogP contribution in [-0.4, -0.2) is 11.0 Å². The number of benzene rings is 2. The molecule has 0 atom stereocenters. The van der Waals surface area contributed by atoms with E-state index in [1.807, 2.05) is 19.1 Å². The van der Waals surface area contributed by atoms with Crippen LogP contribution in [0.15, 0.2) is 36.4 Å². The second kappa shape index (κ2) is 6.16. The van der Waals surface area contributed by atoms with E-state index in [2.05, 4.69) is 5.32 Å². The minimum absolute atomic E-state index is 0.0941. The lowest BCUT2D eigenvalue weighted by Crippen LogP contribution is -2.14. The van der Waals surface area contributed by atoms with Crippen LogP contribution in [-0.2, 0) is 6.42 Å². The van der Waals surface area contributed by atoms with Gasteiger partial charge in [0.15, 0.2) is 5.75 Å². The predicted molar refractivity (Wildman–Crippen MR) is 81.9 cm³/mol. The quantitative estimate of drug-likeness (QED) is 0.819. The molecule has 0 aliphatic carbocycles. The number of halogens is 2. The molecule has 0 aliphatic heterocycles. The van der Waals surface area contributed by atoms with Gasteiger partial charge in [-0.1, -0.05) is 48.3 Å². The monoisotopic (exact) mass is 309 g/mol. The highest BCUT2D eigenvalue weighted by atomic mass is 35.5. The Morgan fingerprint density at radius 1 is 1.25 bits per heavy atom. The molecule has 3 nitrogen and oxygen atoms in total. The topological polar surface area (TPSA) is 49.3 Å². The molecule has 0 saturated heterocycles. The molecule has 0 radical (unpaired) electrons. The van der Waals surface area contributed by atoms with Crippen LogP contribution in [0.3, 0.4) is 0 Å². The van der Waals surface area contributed by atoms with Crippen molar-refractivity contribution in [1.82, 2.24) is 0 Å². The molecule has 2 aromatic carbocycles. The van der Waals surface area contributed by atoms with Gasteiger partial charge >= 0.3 is 0 Å². The van der Waals surface area contributed by atoms with Crippen molar-refractivity contribution < 1.29 is 9.90 Å². The summed E-state index contributed by atoms with van der Waals surface area (Å²) in [5.41, 5.74) is 1.68. The molecular weight excluding hydrogens is 297 g/mol. The maximum atomic E-state index is 12.3. The number of aromatic hydroxyl groups is 1. The van der Waals surface area contributed by atoms with E-state index in [1.165, 1.54) is 12.1 Å². The van der Waals surface area contributed by atoms with Crippen molar-refractivity contribution in [3.63, 3.8) is 0 Å². The number of phenols is 1. The third-order valence-corrected chi connectivity index (χ3v) is 3.43. The number of rotatable bonds is 3. The van der Waals surface area contributed by atoms with E-state index in [9.17, 15) is 9.90 Å². The highest BCUT2D eigenvalue weighted by molar-refractivity contribution is 6.36. The molecule has 5 heteroatoms. The number of anilines is 1. The number of phenolic OH excluding ortho intramolecular Hbond substituents is 1. The van der Waals surface area contributed by atoms with Crippen molar-refractivity contribution in [2.45, 2.75) is 13.3 Å². The number of hydrogen-bond donors (Lipinski definition) is 2. The molecule has 1 amide bonds. The summed E-state index contributed by atoms with van der Waals surface area (Å²) in [6, 6.07) is 10.2. The molecule has 0 saturated carbocycles. The second-order valence-electron chi connectivity index (χ2n) is 4.25. The summed E-state index contributed by atoms with van der Waals surface area (Å²) in [6.07, 6.45) is 0.742. The Labute approximate surface area is 127 Å². The molecule has 2 N–H and O–H groups in total. The van der Waals surface area contributed by atoms with Crippen molar-refractivity contribution in [3.05, 3.63) is 57.6 Å². The van der Waals surface area contributed by atoms with Crippen molar-refractivity contribution in [1.29, 1.82) is 0 Å². The van der Waals surface area contributed by atoms with Gasteiger partial charge < -0.3 is 10.4 Å². The zero-order valence-corrected chi connectivity index (χ0v) is 12.3. The highest BCUT2D eigenvalue weighted by Crippen LogP contribution is 2.35. The van der Waals surface area contributed by atoms with Crippen molar-refractivity contribution >= 4 is 34.8 Å². The molecule has 20 heavy (non-hydrogen) atoms. The molecule has 2 rings (SSSR count). The van der Waals surface area contributed by atoms with Crippen LogP contribution in [0.4, 0.5) is 5.69 Å². The highest BCUT2D eigenvalue weighted by Gasteiger charge is 2.14. The standard InChI is InChI=1S/C15H13Cl2NO2/c1-2-9-5-3-4-6-11(9)15(20)18-13-8-10(16)7-12(17)14(13)19/h3-8,19H,2H2,1H3,(H,18,20). The zero-order valence-electron chi connectivity index (χ0n) is 10.8. The molecule has 0 bridgehead atoms. The molecule has 0 aromatic heterocycles. The average molecular weight is 310 g/mol. The van der Waals surface area contributed by atoms with E-state index < -0.39 is 0 Å². The van der Waals surface area contributed by atoms with Crippen LogP contribution in [0.25, 0.3) is 0 Å². The van der Waals surface area contributed by atoms with Crippen LogP contribution < -0.4 is 5.32 Å². The molecule has 0 aliphatic rings. The lowest BCUT2D eigenvalue weighted by atomic mass is 10.0. The zero-order chi connectivity index (χ0) is 14.7. The normalized spacial score (nSPS) is 10.3.